The molecule has 0 fully saturated rings. The predicted molar refractivity (Wildman–Crippen MR) is 82.7 cm³/mol. The minimum Gasteiger partial charge on any atom is -0.399 e. The molecule has 0 aromatic heterocycles. The summed E-state index contributed by atoms with van der Waals surface area (Å²) in [5.41, 5.74) is 11.8. The molecule has 1 aliphatic carbocycles. The summed E-state index contributed by atoms with van der Waals surface area (Å²) in [5.74, 6) is 0. The Hall–Kier alpha value is -1.80. The van der Waals surface area contributed by atoms with E-state index in [4.69, 9.17) is 5.73 Å². The standard InChI is InChI=1S/C18H21NO/c1-12-7-13(2)9-14(8-12)11-18(20)6-5-15-10-16(19)3-4-17(15)18/h3-4,7-10,20H,5-6,11,19H2,1-2H3. The fraction of sp³-hybridized carbons (Fsp3) is 0.333. The van der Waals surface area contributed by atoms with Crippen LogP contribution >= 0.6 is 0 Å². The van der Waals surface area contributed by atoms with E-state index in [2.05, 4.69) is 32.0 Å². The molecule has 0 saturated carbocycles. The first-order valence-corrected chi connectivity index (χ1v) is 7.15. The normalized spacial score (nSPS) is 20.9. The summed E-state index contributed by atoms with van der Waals surface area (Å²) in [5, 5.41) is 11.0. The lowest BCUT2D eigenvalue weighted by Crippen LogP contribution is -2.25. The monoisotopic (exact) mass is 267 g/mol. The summed E-state index contributed by atoms with van der Waals surface area (Å²) in [7, 11) is 0. The van der Waals surface area contributed by atoms with Crippen LogP contribution in [0.2, 0.25) is 0 Å². The molecular formula is C18H21NO. The molecule has 0 aliphatic heterocycles. The first-order valence-electron chi connectivity index (χ1n) is 7.15. The number of hydrogen-bond donors (Lipinski definition) is 2. The molecule has 0 saturated heterocycles. The van der Waals surface area contributed by atoms with Crippen molar-refractivity contribution in [2.75, 3.05) is 5.73 Å². The van der Waals surface area contributed by atoms with Crippen LogP contribution in [0.1, 0.15) is 34.2 Å². The molecule has 2 aromatic carbocycles. The number of nitrogen functional groups attached to an aromatic ring is 1. The van der Waals surface area contributed by atoms with Crippen molar-refractivity contribution in [3.05, 3.63) is 64.2 Å². The van der Waals surface area contributed by atoms with Gasteiger partial charge in [-0.2, -0.15) is 0 Å². The summed E-state index contributed by atoms with van der Waals surface area (Å²) >= 11 is 0. The summed E-state index contributed by atoms with van der Waals surface area (Å²) < 4.78 is 0. The van der Waals surface area contributed by atoms with Gasteiger partial charge in [0.1, 0.15) is 0 Å². The average Bonchev–Trinajstić information content (AvgIpc) is 2.65. The van der Waals surface area contributed by atoms with Crippen molar-refractivity contribution < 1.29 is 5.11 Å². The summed E-state index contributed by atoms with van der Waals surface area (Å²) in [6.45, 7) is 4.20. The van der Waals surface area contributed by atoms with Gasteiger partial charge in [-0.25, -0.2) is 0 Å². The Morgan fingerprint density at radius 1 is 1.10 bits per heavy atom. The number of fused-ring (bicyclic) bond motifs is 1. The van der Waals surface area contributed by atoms with E-state index in [0.29, 0.717) is 6.42 Å². The van der Waals surface area contributed by atoms with Crippen LogP contribution in [-0.4, -0.2) is 5.11 Å². The van der Waals surface area contributed by atoms with Crippen LogP contribution < -0.4 is 5.73 Å². The molecule has 0 bridgehead atoms. The second-order valence-corrected chi connectivity index (χ2v) is 6.12. The Bertz CT molecular complexity index is 642. The third-order valence-electron chi connectivity index (χ3n) is 4.22. The van der Waals surface area contributed by atoms with Crippen LogP contribution in [0.15, 0.2) is 36.4 Å². The van der Waals surface area contributed by atoms with Gasteiger partial charge in [-0.15, -0.1) is 0 Å². The minimum absolute atomic E-state index is 0.673. The first-order chi connectivity index (χ1) is 9.46. The highest BCUT2D eigenvalue weighted by molar-refractivity contribution is 5.49. The van der Waals surface area contributed by atoms with Gasteiger partial charge >= 0.3 is 0 Å². The van der Waals surface area contributed by atoms with Gasteiger partial charge in [-0.05, 0) is 55.5 Å². The lowest BCUT2D eigenvalue weighted by Gasteiger charge is -2.24. The molecule has 1 aliphatic rings. The van der Waals surface area contributed by atoms with Crippen molar-refractivity contribution in [1.29, 1.82) is 0 Å². The van der Waals surface area contributed by atoms with Gasteiger partial charge in [0.05, 0.1) is 5.60 Å². The van der Waals surface area contributed by atoms with E-state index in [9.17, 15) is 5.11 Å². The smallest absolute Gasteiger partial charge is 0.0942 e. The van der Waals surface area contributed by atoms with Crippen molar-refractivity contribution in [2.45, 2.75) is 38.7 Å². The van der Waals surface area contributed by atoms with Crippen LogP contribution in [0, 0.1) is 13.8 Å². The van der Waals surface area contributed by atoms with Crippen LogP contribution in [0.25, 0.3) is 0 Å². The van der Waals surface area contributed by atoms with E-state index in [1.54, 1.807) is 0 Å². The number of nitrogens with two attached hydrogens (primary N) is 1. The Balaban J connectivity index is 1.95. The zero-order chi connectivity index (χ0) is 14.3. The molecule has 0 heterocycles. The van der Waals surface area contributed by atoms with Gasteiger partial charge in [-0.1, -0.05) is 35.4 Å². The lowest BCUT2D eigenvalue weighted by atomic mass is 9.88. The van der Waals surface area contributed by atoms with Crippen LogP contribution in [-0.2, 0) is 18.4 Å². The fourth-order valence-corrected chi connectivity index (χ4v) is 3.44. The largest absolute Gasteiger partial charge is 0.399 e. The van der Waals surface area contributed by atoms with E-state index in [1.807, 2.05) is 18.2 Å². The predicted octanol–water partition coefficient (Wildman–Crippen LogP) is 3.26. The molecule has 1 atom stereocenters. The molecule has 0 radical (unpaired) electrons. The Morgan fingerprint density at radius 3 is 2.50 bits per heavy atom. The summed E-state index contributed by atoms with van der Waals surface area (Å²) in [6.07, 6.45) is 2.35. The molecule has 2 aromatic rings. The van der Waals surface area contributed by atoms with Crippen molar-refractivity contribution in [1.82, 2.24) is 0 Å². The Morgan fingerprint density at radius 2 is 1.80 bits per heavy atom. The Labute approximate surface area is 120 Å². The number of aliphatic hydroxyl groups is 1. The first kappa shape index (κ1) is 13.2. The van der Waals surface area contributed by atoms with E-state index >= 15 is 0 Å². The van der Waals surface area contributed by atoms with Gasteiger partial charge in [0, 0.05) is 12.1 Å². The van der Waals surface area contributed by atoms with Crippen molar-refractivity contribution >= 4 is 5.69 Å². The topological polar surface area (TPSA) is 46.2 Å². The highest BCUT2D eigenvalue weighted by Crippen LogP contribution is 2.40. The summed E-state index contributed by atoms with van der Waals surface area (Å²) in [4.78, 5) is 0. The number of rotatable bonds is 2. The second kappa shape index (κ2) is 4.64. The molecule has 2 nitrogen and oxygen atoms in total. The highest BCUT2D eigenvalue weighted by atomic mass is 16.3. The number of anilines is 1. The number of aryl methyl sites for hydroxylation is 3. The number of hydrogen-bond acceptors (Lipinski definition) is 2. The molecule has 2 heteroatoms. The molecule has 3 N–H and O–H groups in total. The van der Waals surface area contributed by atoms with E-state index < -0.39 is 5.60 Å². The maximum Gasteiger partial charge on any atom is 0.0942 e. The van der Waals surface area contributed by atoms with Gasteiger partial charge in [0.15, 0.2) is 0 Å². The van der Waals surface area contributed by atoms with E-state index in [-0.39, 0.29) is 0 Å². The molecule has 104 valence electrons. The minimum atomic E-state index is -0.747. The average molecular weight is 267 g/mol. The van der Waals surface area contributed by atoms with Crippen LogP contribution in [0.5, 0.6) is 0 Å². The molecule has 0 amide bonds. The summed E-state index contributed by atoms with van der Waals surface area (Å²) in [6, 6.07) is 12.4. The lowest BCUT2D eigenvalue weighted by molar-refractivity contribution is 0.0389. The Kier molecular flexibility index (Phi) is 3.06. The molecule has 20 heavy (non-hydrogen) atoms. The molecular weight excluding hydrogens is 246 g/mol. The molecule has 3 rings (SSSR count). The maximum absolute atomic E-state index is 11.0. The highest BCUT2D eigenvalue weighted by Gasteiger charge is 2.36. The molecule has 0 spiro atoms. The van der Waals surface area contributed by atoms with Crippen molar-refractivity contribution in [2.24, 2.45) is 0 Å². The van der Waals surface area contributed by atoms with Crippen LogP contribution in [0.3, 0.4) is 0 Å². The van der Waals surface area contributed by atoms with Gasteiger partial charge in [0.25, 0.3) is 0 Å². The van der Waals surface area contributed by atoms with Gasteiger partial charge in [0.2, 0.25) is 0 Å². The molecule has 1 unspecified atom stereocenters. The van der Waals surface area contributed by atoms with Crippen molar-refractivity contribution in [3.63, 3.8) is 0 Å². The SMILES string of the molecule is Cc1cc(C)cc(CC2(O)CCc3cc(N)ccc32)c1. The van der Waals surface area contributed by atoms with Crippen LogP contribution in [0.4, 0.5) is 5.69 Å². The van der Waals surface area contributed by atoms with Gasteiger partial charge in [-0.3, -0.25) is 0 Å². The zero-order valence-electron chi connectivity index (χ0n) is 12.1. The van der Waals surface area contributed by atoms with E-state index in [1.165, 1.54) is 22.3 Å². The van der Waals surface area contributed by atoms with E-state index in [0.717, 1.165) is 24.1 Å². The van der Waals surface area contributed by atoms with Crippen molar-refractivity contribution in [3.8, 4) is 0 Å². The third kappa shape index (κ3) is 2.32. The second-order valence-electron chi connectivity index (χ2n) is 6.12. The third-order valence-corrected chi connectivity index (χ3v) is 4.22. The quantitative estimate of drug-likeness (QED) is 0.820. The maximum atomic E-state index is 11.0. The fourth-order valence-electron chi connectivity index (χ4n) is 3.44. The zero-order valence-corrected chi connectivity index (χ0v) is 12.1. The van der Waals surface area contributed by atoms with Gasteiger partial charge < -0.3 is 10.8 Å². The number of benzene rings is 2.